The molecule has 5 rings (SSSR count). The third kappa shape index (κ3) is 4.60. The molecule has 0 unspecified atom stereocenters. The maximum atomic E-state index is 13.6. The Kier molecular flexibility index (Phi) is 6.43. The van der Waals surface area contributed by atoms with E-state index in [-0.39, 0.29) is 16.5 Å². The van der Waals surface area contributed by atoms with Crippen LogP contribution in [0.3, 0.4) is 0 Å². The van der Waals surface area contributed by atoms with Crippen LogP contribution in [0.15, 0.2) is 60.7 Å². The number of rotatable bonds is 4. The lowest BCUT2D eigenvalue weighted by atomic mass is 9.73. The molecule has 2 aliphatic rings. The topological polar surface area (TPSA) is 61.6 Å². The van der Waals surface area contributed by atoms with Crippen molar-refractivity contribution in [3.8, 4) is 11.1 Å². The maximum absolute atomic E-state index is 13.6. The number of hydrogen-bond donors (Lipinski definition) is 2. The number of nitrogens with one attached hydrogen (secondary N) is 1. The first-order valence-electron chi connectivity index (χ1n) is 12.1. The molecule has 0 aromatic heterocycles. The van der Waals surface area contributed by atoms with E-state index in [0.29, 0.717) is 12.2 Å². The van der Waals surface area contributed by atoms with Crippen molar-refractivity contribution < 1.29 is 9.18 Å². The summed E-state index contributed by atoms with van der Waals surface area (Å²) in [6.45, 7) is 5.95. The van der Waals surface area contributed by atoms with Crippen molar-refractivity contribution >= 4 is 34.7 Å². The van der Waals surface area contributed by atoms with Crippen LogP contribution in [0.2, 0.25) is 5.02 Å². The van der Waals surface area contributed by atoms with Crippen LogP contribution in [-0.4, -0.2) is 37.1 Å². The van der Waals surface area contributed by atoms with Crippen molar-refractivity contribution in [1.82, 2.24) is 4.90 Å². The van der Waals surface area contributed by atoms with Crippen LogP contribution in [0, 0.1) is 5.82 Å². The predicted molar refractivity (Wildman–Crippen MR) is 142 cm³/mol. The largest absolute Gasteiger partial charge is 0.399 e. The Morgan fingerprint density at radius 2 is 1.86 bits per heavy atom. The first kappa shape index (κ1) is 23.6. The van der Waals surface area contributed by atoms with Crippen molar-refractivity contribution in [2.75, 3.05) is 42.1 Å². The van der Waals surface area contributed by atoms with Gasteiger partial charge in [0, 0.05) is 29.0 Å². The standard InChI is InChI=1S/C28H30ClFN4O/c1-2-12-33-13-10-28(11-14-33)18-34(27(35)32-22-7-8-25(30)24(29)17-22)26-9-6-20(16-23(26)28)19-4-3-5-21(31)15-19/h3-9,15-17H,2,10-14,18,31H2,1H3,(H,32,35). The number of amides is 2. The van der Waals surface area contributed by atoms with Crippen molar-refractivity contribution in [1.29, 1.82) is 0 Å². The summed E-state index contributed by atoms with van der Waals surface area (Å²) in [6, 6.07) is 18.2. The van der Waals surface area contributed by atoms with Gasteiger partial charge in [-0.2, -0.15) is 0 Å². The molecular formula is C28H30ClFN4O. The molecule has 1 fully saturated rings. The summed E-state index contributed by atoms with van der Waals surface area (Å²) in [7, 11) is 0. The number of carbonyl (C=O) groups is 1. The van der Waals surface area contributed by atoms with Crippen LogP contribution >= 0.6 is 11.6 Å². The van der Waals surface area contributed by atoms with Crippen molar-refractivity contribution in [3.05, 3.63) is 77.1 Å². The zero-order chi connectivity index (χ0) is 24.6. The molecule has 0 radical (unpaired) electrons. The molecule has 2 aliphatic heterocycles. The molecule has 3 aromatic rings. The molecule has 7 heteroatoms. The number of benzene rings is 3. The Balaban J connectivity index is 1.49. The fourth-order valence-electron chi connectivity index (χ4n) is 5.46. The highest BCUT2D eigenvalue weighted by atomic mass is 35.5. The fraction of sp³-hybridized carbons (Fsp3) is 0.321. The maximum Gasteiger partial charge on any atom is 0.326 e. The highest BCUT2D eigenvalue weighted by Crippen LogP contribution is 2.48. The molecular weight excluding hydrogens is 463 g/mol. The lowest BCUT2D eigenvalue weighted by molar-refractivity contribution is 0.166. The number of urea groups is 1. The van der Waals surface area contributed by atoms with E-state index in [0.717, 1.165) is 61.4 Å². The molecule has 1 saturated heterocycles. The normalized spacial score (nSPS) is 16.9. The second kappa shape index (κ2) is 9.51. The van der Waals surface area contributed by atoms with Gasteiger partial charge in [0.05, 0.1) is 5.02 Å². The minimum Gasteiger partial charge on any atom is -0.399 e. The van der Waals surface area contributed by atoms with E-state index in [9.17, 15) is 9.18 Å². The molecule has 35 heavy (non-hydrogen) atoms. The average molecular weight is 493 g/mol. The Hall–Kier alpha value is -3.09. The predicted octanol–water partition coefficient (Wildman–Crippen LogP) is 6.52. The molecule has 0 atom stereocenters. The third-order valence-electron chi connectivity index (χ3n) is 7.31. The zero-order valence-electron chi connectivity index (χ0n) is 19.9. The van der Waals surface area contributed by atoms with Crippen LogP contribution in [0.4, 0.5) is 26.2 Å². The monoisotopic (exact) mass is 492 g/mol. The highest BCUT2D eigenvalue weighted by Gasteiger charge is 2.46. The fourth-order valence-corrected chi connectivity index (χ4v) is 5.64. The number of piperidine rings is 1. The van der Waals surface area contributed by atoms with E-state index >= 15 is 0 Å². The van der Waals surface area contributed by atoms with E-state index in [2.05, 4.69) is 29.3 Å². The minimum absolute atomic E-state index is 0.0174. The summed E-state index contributed by atoms with van der Waals surface area (Å²) in [5, 5.41) is 2.89. The Morgan fingerprint density at radius 3 is 2.57 bits per heavy atom. The van der Waals surface area contributed by atoms with Crippen LogP contribution in [0.5, 0.6) is 0 Å². The van der Waals surface area contributed by atoms with Crippen LogP contribution in [-0.2, 0) is 5.41 Å². The first-order chi connectivity index (χ1) is 16.9. The molecule has 2 heterocycles. The van der Waals surface area contributed by atoms with Gasteiger partial charge in [-0.1, -0.05) is 36.7 Å². The Labute approximate surface area is 210 Å². The van der Waals surface area contributed by atoms with E-state index < -0.39 is 5.82 Å². The van der Waals surface area contributed by atoms with Crippen molar-refractivity contribution in [2.24, 2.45) is 0 Å². The van der Waals surface area contributed by atoms with Crippen LogP contribution in [0.1, 0.15) is 31.7 Å². The summed E-state index contributed by atoms with van der Waals surface area (Å²) in [6.07, 6.45) is 3.12. The lowest BCUT2D eigenvalue weighted by Gasteiger charge is -2.40. The van der Waals surface area contributed by atoms with Gasteiger partial charge < -0.3 is 16.0 Å². The van der Waals surface area contributed by atoms with E-state index in [4.69, 9.17) is 17.3 Å². The van der Waals surface area contributed by atoms with Crippen molar-refractivity contribution in [3.63, 3.8) is 0 Å². The second-order valence-electron chi connectivity index (χ2n) is 9.62. The number of likely N-dealkylation sites (tertiary alicyclic amines) is 1. The molecule has 0 saturated carbocycles. The lowest BCUT2D eigenvalue weighted by Crippen LogP contribution is -2.46. The molecule has 1 spiro atoms. The molecule has 3 aromatic carbocycles. The van der Waals surface area contributed by atoms with Crippen LogP contribution < -0.4 is 16.0 Å². The second-order valence-corrected chi connectivity index (χ2v) is 10.0. The Morgan fingerprint density at radius 1 is 1.09 bits per heavy atom. The van der Waals surface area contributed by atoms with Gasteiger partial charge in [0.15, 0.2) is 0 Å². The van der Waals surface area contributed by atoms with Gasteiger partial charge in [-0.15, -0.1) is 0 Å². The third-order valence-corrected chi connectivity index (χ3v) is 7.60. The number of carbonyl (C=O) groups excluding carboxylic acids is 1. The molecule has 0 bridgehead atoms. The number of hydrogen-bond acceptors (Lipinski definition) is 3. The van der Waals surface area contributed by atoms with Crippen molar-refractivity contribution in [2.45, 2.75) is 31.6 Å². The quantitative estimate of drug-likeness (QED) is 0.407. The smallest absolute Gasteiger partial charge is 0.326 e. The first-order valence-corrected chi connectivity index (χ1v) is 12.5. The summed E-state index contributed by atoms with van der Waals surface area (Å²) >= 11 is 5.93. The molecule has 182 valence electrons. The molecule has 3 N–H and O–H groups in total. The molecule has 2 amide bonds. The van der Waals surface area contributed by atoms with Gasteiger partial charge in [-0.05, 0) is 98.1 Å². The van der Waals surface area contributed by atoms with Gasteiger partial charge >= 0.3 is 6.03 Å². The number of nitrogen functional groups attached to an aromatic ring is 1. The zero-order valence-corrected chi connectivity index (χ0v) is 20.6. The molecule has 5 nitrogen and oxygen atoms in total. The average Bonchev–Trinajstić information content (AvgIpc) is 3.17. The van der Waals surface area contributed by atoms with E-state index in [1.807, 2.05) is 35.2 Å². The number of nitrogens with zero attached hydrogens (tertiary/aromatic N) is 2. The van der Waals surface area contributed by atoms with Crippen LogP contribution in [0.25, 0.3) is 11.1 Å². The van der Waals surface area contributed by atoms with Gasteiger partial charge in [0.25, 0.3) is 0 Å². The summed E-state index contributed by atoms with van der Waals surface area (Å²) < 4.78 is 13.6. The van der Waals surface area contributed by atoms with Gasteiger partial charge in [0.2, 0.25) is 0 Å². The summed E-state index contributed by atoms with van der Waals surface area (Å²) in [5.74, 6) is -0.511. The van der Waals surface area contributed by atoms with Gasteiger partial charge in [0.1, 0.15) is 5.82 Å². The number of nitrogens with two attached hydrogens (primary N) is 1. The number of anilines is 3. The summed E-state index contributed by atoms with van der Waals surface area (Å²) in [5.41, 5.74) is 11.4. The minimum atomic E-state index is -0.511. The highest BCUT2D eigenvalue weighted by molar-refractivity contribution is 6.31. The Bertz CT molecular complexity index is 1260. The number of halogens is 2. The van der Waals surface area contributed by atoms with Gasteiger partial charge in [-0.3, -0.25) is 4.90 Å². The van der Waals surface area contributed by atoms with E-state index in [1.165, 1.54) is 23.8 Å². The molecule has 0 aliphatic carbocycles. The SMILES string of the molecule is CCCN1CCC2(CC1)CN(C(=O)Nc1ccc(F)c(Cl)c1)c1ccc(-c3cccc(N)c3)cc12. The van der Waals surface area contributed by atoms with E-state index in [1.54, 1.807) is 0 Å². The summed E-state index contributed by atoms with van der Waals surface area (Å²) in [4.78, 5) is 17.8. The number of fused-ring (bicyclic) bond motifs is 2. The van der Waals surface area contributed by atoms with Gasteiger partial charge in [-0.25, -0.2) is 9.18 Å².